The molecule has 0 atom stereocenters. The minimum absolute atomic E-state index is 0.328. The fourth-order valence-corrected chi connectivity index (χ4v) is 3.30. The largest absolute Gasteiger partial charge is 0.504 e. The molecule has 0 unspecified atom stereocenters. The van der Waals surface area contributed by atoms with E-state index < -0.39 is 11.5 Å². The molecule has 2 rings (SSSR count). The summed E-state index contributed by atoms with van der Waals surface area (Å²) in [5.41, 5.74) is 0.336. The standard InChI is InChI=1S/C13H18O4/c1-12(2)5-13(3,4)7-6(12)8(14)10(16)11(17)9(7)15/h14-17H,5H2,1-4H3. The van der Waals surface area contributed by atoms with Crippen molar-refractivity contribution in [2.45, 2.75) is 44.9 Å². The molecule has 0 saturated carbocycles. The Bertz CT molecular complexity index is 456. The van der Waals surface area contributed by atoms with E-state index in [0.717, 1.165) is 6.42 Å². The second-order valence-corrected chi connectivity index (χ2v) is 6.09. The molecule has 0 saturated heterocycles. The summed E-state index contributed by atoms with van der Waals surface area (Å²) < 4.78 is 0. The van der Waals surface area contributed by atoms with Crippen LogP contribution < -0.4 is 0 Å². The first-order valence-corrected chi connectivity index (χ1v) is 5.60. The van der Waals surface area contributed by atoms with Crippen molar-refractivity contribution >= 4 is 0 Å². The fourth-order valence-electron chi connectivity index (χ4n) is 3.30. The van der Waals surface area contributed by atoms with Gasteiger partial charge in [-0.25, -0.2) is 0 Å². The molecule has 0 aromatic heterocycles. The minimum atomic E-state index is -0.646. The Balaban J connectivity index is 2.92. The fraction of sp³-hybridized carbons (Fsp3) is 0.538. The van der Waals surface area contributed by atoms with Crippen LogP contribution in [0.5, 0.6) is 23.0 Å². The van der Waals surface area contributed by atoms with E-state index in [-0.39, 0.29) is 22.3 Å². The average molecular weight is 238 g/mol. The number of hydrogen-bond acceptors (Lipinski definition) is 4. The normalized spacial score (nSPS) is 20.2. The van der Waals surface area contributed by atoms with Crippen LogP contribution in [0.15, 0.2) is 0 Å². The molecule has 0 bridgehead atoms. The first-order valence-electron chi connectivity index (χ1n) is 5.60. The molecule has 1 aromatic carbocycles. The van der Waals surface area contributed by atoms with Crippen LogP contribution in [-0.4, -0.2) is 20.4 Å². The van der Waals surface area contributed by atoms with Gasteiger partial charge in [-0.2, -0.15) is 0 Å². The van der Waals surface area contributed by atoms with Gasteiger partial charge in [0.15, 0.2) is 11.5 Å². The van der Waals surface area contributed by atoms with Crippen molar-refractivity contribution in [2.24, 2.45) is 0 Å². The summed E-state index contributed by atoms with van der Waals surface area (Å²) in [5.74, 6) is -1.95. The molecular weight excluding hydrogens is 220 g/mol. The number of benzene rings is 1. The third kappa shape index (κ3) is 1.36. The maximum Gasteiger partial charge on any atom is 0.204 e. The minimum Gasteiger partial charge on any atom is -0.504 e. The van der Waals surface area contributed by atoms with Gasteiger partial charge in [-0.05, 0) is 17.3 Å². The lowest BCUT2D eigenvalue weighted by atomic mass is 9.81. The van der Waals surface area contributed by atoms with Crippen molar-refractivity contribution in [3.8, 4) is 23.0 Å². The summed E-state index contributed by atoms with van der Waals surface area (Å²) in [6, 6.07) is 0. The third-order valence-corrected chi connectivity index (χ3v) is 3.63. The molecule has 94 valence electrons. The van der Waals surface area contributed by atoms with Gasteiger partial charge >= 0.3 is 0 Å². The van der Waals surface area contributed by atoms with Gasteiger partial charge < -0.3 is 20.4 Å². The maximum absolute atomic E-state index is 9.97. The lowest BCUT2D eigenvalue weighted by Gasteiger charge is -2.22. The van der Waals surface area contributed by atoms with Crippen LogP contribution in [0.2, 0.25) is 0 Å². The Hall–Kier alpha value is -1.58. The van der Waals surface area contributed by atoms with E-state index in [4.69, 9.17) is 0 Å². The first-order chi connectivity index (χ1) is 7.59. The molecule has 0 aliphatic heterocycles. The number of rotatable bonds is 0. The predicted molar refractivity (Wildman–Crippen MR) is 63.8 cm³/mol. The number of phenols is 4. The van der Waals surface area contributed by atoms with Crippen LogP contribution in [0, 0.1) is 0 Å². The predicted octanol–water partition coefficient (Wildman–Crippen LogP) is 2.47. The topological polar surface area (TPSA) is 80.9 Å². The van der Waals surface area contributed by atoms with E-state index in [0.29, 0.717) is 11.1 Å². The Morgan fingerprint density at radius 2 is 0.941 bits per heavy atom. The summed E-state index contributed by atoms with van der Waals surface area (Å²) in [4.78, 5) is 0. The van der Waals surface area contributed by atoms with Crippen molar-refractivity contribution in [3.05, 3.63) is 11.1 Å². The molecule has 0 fully saturated rings. The lowest BCUT2D eigenvalue weighted by Crippen LogP contribution is -2.18. The molecular formula is C13H18O4. The summed E-state index contributed by atoms with van der Waals surface area (Å²) in [7, 11) is 0. The highest BCUT2D eigenvalue weighted by Crippen LogP contribution is 2.61. The molecule has 4 N–H and O–H groups in total. The van der Waals surface area contributed by atoms with Gasteiger partial charge in [-0.3, -0.25) is 0 Å². The number of fused-ring (bicyclic) bond motifs is 1. The Kier molecular flexibility index (Phi) is 2.10. The van der Waals surface area contributed by atoms with E-state index >= 15 is 0 Å². The summed E-state index contributed by atoms with van der Waals surface area (Å²) in [6.07, 6.45) is 0.722. The second-order valence-electron chi connectivity index (χ2n) is 6.09. The SMILES string of the molecule is CC1(C)CC(C)(C)c2c(O)c(O)c(O)c(O)c21. The zero-order valence-corrected chi connectivity index (χ0v) is 10.5. The van der Waals surface area contributed by atoms with Crippen LogP contribution >= 0.6 is 0 Å². The third-order valence-electron chi connectivity index (χ3n) is 3.63. The van der Waals surface area contributed by atoms with E-state index in [2.05, 4.69) is 0 Å². The second kappa shape index (κ2) is 3.00. The van der Waals surface area contributed by atoms with Gasteiger partial charge in [0.2, 0.25) is 11.5 Å². The molecule has 4 heteroatoms. The molecule has 1 aromatic rings. The Morgan fingerprint density at radius 3 is 1.24 bits per heavy atom. The van der Waals surface area contributed by atoms with Crippen LogP contribution in [0.4, 0.5) is 0 Å². The summed E-state index contributed by atoms with van der Waals surface area (Å²) >= 11 is 0. The van der Waals surface area contributed by atoms with Crippen LogP contribution in [0.3, 0.4) is 0 Å². The quantitative estimate of drug-likeness (QED) is 0.413. The van der Waals surface area contributed by atoms with Crippen LogP contribution in [0.1, 0.15) is 45.2 Å². The lowest BCUT2D eigenvalue weighted by molar-refractivity contribution is 0.338. The van der Waals surface area contributed by atoms with Crippen LogP contribution in [-0.2, 0) is 10.8 Å². The van der Waals surface area contributed by atoms with Crippen molar-refractivity contribution in [1.29, 1.82) is 0 Å². The number of aromatic hydroxyl groups is 4. The average Bonchev–Trinajstić information content (AvgIpc) is 2.36. The molecule has 0 amide bonds. The van der Waals surface area contributed by atoms with Gasteiger partial charge in [-0.15, -0.1) is 0 Å². The molecule has 0 radical (unpaired) electrons. The highest BCUT2D eigenvalue weighted by atomic mass is 16.3. The highest BCUT2D eigenvalue weighted by Gasteiger charge is 2.47. The molecule has 0 spiro atoms. The van der Waals surface area contributed by atoms with E-state index in [1.54, 1.807) is 0 Å². The summed E-state index contributed by atoms with van der Waals surface area (Å²) in [5, 5.41) is 39.1. The van der Waals surface area contributed by atoms with Gasteiger partial charge in [-0.1, -0.05) is 27.7 Å². The molecule has 1 aliphatic carbocycles. The number of phenolic OH excluding ortho intramolecular Hbond substituents is 4. The highest BCUT2D eigenvalue weighted by molar-refractivity contribution is 5.70. The smallest absolute Gasteiger partial charge is 0.204 e. The monoisotopic (exact) mass is 238 g/mol. The van der Waals surface area contributed by atoms with Crippen molar-refractivity contribution in [2.75, 3.05) is 0 Å². The van der Waals surface area contributed by atoms with E-state index in [9.17, 15) is 20.4 Å². The van der Waals surface area contributed by atoms with Gasteiger partial charge in [0.25, 0.3) is 0 Å². The van der Waals surface area contributed by atoms with Gasteiger partial charge in [0, 0.05) is 11.1 Å². The first kappa shape index (κ1) is 11.9. The van der Waals surface area contributed by atoms with Crippen LogP contribution in [0.25, 0.3) is 0 Å². The Morgan fingerprint density at radius 1 is 0.647 bits per heavy atom. The van der Waals surface area contributed by atoms with E-state index in [1.807, 2.05) is 27.7 Å². The van der Waals surface area contributed by atoms with Crippen molar-refractivity contribution in [3.63, 3.8) is 0 Å². The Labute approximate surface area is 100 Å². The molecule has 0 heterocycles. The van der Waals surface area contributed by atoms with Crippen molar-refractivity contribution in [1.82, 2.24) is 0 Å². The molecule has 1 aliphatic rings. The zero-order valence-electron chi connectivity index (χ0n) is 10.5. The molecule has 4 nitrogen and oxygen atoms in total. The zero-order chi connectivity index (χ0) is 13.2. The molecule has 17 heavy (non-hydrogen) atoms. The van der Waals surface area contributed by atoms with Gasteiger partial charge in [0.05, 0.1) is 0 Å². The van der Waals surface area contributed by atoms with Crippen molar-refractivity contribution < 1.29 is 20.4 Å². The number of hydrogen-bond donors (Lipinski definition) is 4. The van der Waals surface area contributed by atoms with Gasteiger partial charge in [0.1, 0.15) is 0 Å². The maximum atomic E-state index is 9.97. The van der Waals surface area contributed by atoms with E-state index in [1.165, 1.54) is 0 Å². The summed E-state index contributed by atoms with van der Waals surface area (Å²) in [6.45, 7) is 7.76.